The number of aromatic nitrogens is 3. The maximum absolute atomic E-state index is 12.8. The Morgan fingerprint density at radius 3 is 2.41 bits per heavy atom. The summed E-state index contributed by atoms with van der Waals surface area (Å²) in [5.74, 6) is 1.50. The summed E-state index contributed by atoms with van der Waals surface area (Å²) in [6.45, 7) is 0.177. The largest absolute Gasteiger partial charge is 0.454 e. The average Bonchev–Trinajstić information content (AvgIpc) is 3.42. The molecule has 5 rings (SSSR count). The van der Waals surface area contributed by atoms with E-state index in [1.54, 1.807) is 22.9 Å². The summed E-state index contributed by atoms with van der Waals surface area (Å²) in [6.07, 6.45) is 0. The number of carbonyl (C=O) groups excluding carboxylic acids is 1. The highest BCUT2D eigenvalue weighted by Gasteiger charge is 2.20. The number of amides is 1. The smallest absolute Gasteiger partial charge is 0.295 e. The molecule has 7 heteroatoms. The van der Waals surface area contributed by atoms with E-state index in [-0.39, 0.29) is 12.6 Å². The minimum Gasteiger partial charge on any atom is -0.454 e. The van der Waals surface area contributed by atoms with Gasteiger partial charge in [0.15, 0.2) is 17.3 Å². The second-order valence-corrected chi connectivity index (χ2v) is 6.39. The summed E-state index contributed by atoms with van der Waals surface area (Å²) in [4.78, 5) is 17.3. The fraction of sp³-hybridized carbons (Fsp3) is 0.0455. The minimum atomic E-state index is -0.407. The molecule has 1 N–H and O–H groups in total. The molecule has 142 valence electrons. The molecule has 0 saturated heterocycles. The van der Waals surface area contributed by atoms with Crippen LogP contribution in [-0.2, 0) is 0 Å². The second kappa shape index (κ2) is 7.12. The Balaban J connectivity index is 1.50. The quantitative estimate of drug-likeness (QED) is 0.577. The molecule has 1 aromatic heterocycles. The number of rotatable bonds is 4. The lowest BCUT2D eigenvalue weighted by atomic mass is 10.2. The number of hydrogen-bond donors (Lipinski definition) is 1. The molecular formula is C22H16N4O3. The first-order chi connectivity index (χ1) is 14.3. The number of carbonyl (C=O) groups is 1. The van der Waals surface area contributed by atoms with Crippen LogP contribution in [0.1, 0.15) is 10.6 Å². The van der Waals surface area contributed by atoms with Crippen molar-refractivity contribution < 1.29 is 14.3 Å². The lowest BCUT2D eigenvalue weighted by Gasteiger charge is -2.05. The van der Waals surface area contributed by atoms with Gasteiger partial charge in [-0.25, -0.2) is 9.67 Å². The second-order valence-electron chi connectivity index (χ2n) is 6.39. The number of para-hydroxylation sites is 1. The van der Waals surface area contributed by atoms with Gasteiger partial charge in [0.05, 0.1) is 5.69 Å². The van der Waals surface area contributed by atoms with Gasteiger partial charge in [-0.15, -0.1) is 5.10 Å². The highest BCUT2D eigenvalue weighted by atomic mass is 16.7. The molecule has 4 aromatic rings. The van der Waals surface area contributed by atoms with Gasteiger partial charge in [-0.2, -0.15) is 0 Å². The molecule has 0 bridgehead atoms. The Bertz CT molecular complexity index is 1120. The topological polar surface area (TPSA) is 78.3 Å². The molecule has 0 atom stereocenters. The first kappa shape index (κ1) is 17.0. The molecule has 0 aliphatic carbocycles. The number of nitrogens with zero attached hydrogens (tertiary/aromatic N) is 3. The van der Waals surface area contributed by atoms with E-state index in [0.29, 0.717) is 23.0 Å². The predicted molar refractivity (Wildman–Crippen MR) is 107 cm³/mol. The van der Waals surface area contributed by atoms with Crippen LogP contribution in [0.2, 0.25) is 0 Å². The maximum atomic E-state index is 12.8. The van der Waals surface area contributed by atoms with Crippen molar-refractivity contribution in [3.63, 3.8) is 0 Å². The summed E-state index contributed by atoms with van der Waals surface area (Å²) in [5, 5.41) is 7.28. The van der Waals surface area contributed by atoms with E-state index in [0.717, 1.165) is 11.3 Å². The van der Waals surface area contributed by atoms with Gasteiger partial charge in [0.2, 0.25) is 12.6 Å². The van der Waals surface area contributed by atoms with Crippen molar-refractivity contribution in [2.24, 2.45) is 0 Å². The van der Waals surface area contributed by atoms with Gasteiger partial charge in [-0.3, -0.25) is 4.79 Å². The first-order valence-electron chi connectivity index (χ1n) is 9.07. The molecule has 3 aromatic carbocycles. The van der Waals surface area contributed by atoms with Gasteiger partial charge in [-0.1, -0.05) is 48.5 Å². The third kappa shape index (κ3) is 3.29. The fourth-order valence-electron chi connectivity index (χ4n) is 3.09. The van der Waals surface area contributed by atoms with Crippen molar-refractivity contribution in [3.05, 3.63) is 84.7 Å². The molecule has 7 nitrogen and oxygen atoms in total. The summed E-state index contributed by atoms with van der Waals surface area (Å²) >= 11 is 0. The monoisotopic (exact) mass is 384 g/mol. The lowest BCUT2D eigenvalue weighted by Crippen LogP contribution is -2.14. The Hall–Kier alpha value is -4.13. The first-order valence-corrected chi connectivity index (χ1v) is 9.07. The zero-order valence-electron chi connectivity index (χ0n) is 15.3. The van der Waals surface area contributed by atoms with Crippen molar-refractivity contribution in [2.75, 3.05) is 12.1 Å². The molecule has 29 heavy (non-hydrogen) atoms. The number of fused-ring (bicyclic) bond motifs is 1. The molecule has 0 radical (unpaired) electrons. The van der Waals surface area contributed by atoms with Crippen molar-refractivity contribution in [1.29, 1.82) is 0 Å². The fourth-order valence-corrected chi connectivity index (χ4v) is 3.09. The normalized spacial score (nSPS) is 12.0. The molecule has 2 heterocycles. The van der Waals surface area contributed by atoms with Crippen LogP contribution in [0, 0.1) is 0 Å². The van der Waals surface area contributed by atoms with Crippen LogP contribution >= 0.6 is 0 Å². The van der Waals surface area contributed by atoms with Crippen LogP contribution in [-0.4, -0.2) is 27.5 Å². The van der Waals surface area contributed by atoms with Gasteiger partial charge in [0, 0.05) is 17.3 Å². The van der Waals surface area contributed by atoms with Crippen LogP contribution in [0.4, 0.5) is 5.69 Å². The van der Waals surface area contributed by atoms with E-state index < -0.39 is 5.91 Å². The maximum Gasteiger partial charge on any atom is 0.295 e. The molecule has 0 spiro atoms. The van der Waals surface area contributed by atoms with E-state index in [1.807, 2.05) is 60.7 Å². The highest BCUT2D eigenvalue weighted by molar-refractivity contribution is 6.02. The third-order valence-electron chi connectivity index (χ3n) is 4.47. The summed E-state index contributed by atoms with van der Waals surface area (Å²) in [7, 11) is 0. The van der Waals surface area contributed by atoms with Crippen molar-refractivity contribution in [1.82, 2.24) is 14.8 Å². The van der Waals surface area contributed by atoms with E-state index >= 15 is 0 Å². The van der Waals surface area contributed by atoms with Crippen LogP contribution in [0.15, 0.2) is 78.9 Å². The Labute approximate surface area is 166 Å². The minimum absolute atomic E-state index is 0.0744. The molecule has 0 unspecified atom stereocenters. The van der Waals surface area contributed by atoms with Crippen molar-refractivity contribution in [3.8, 4) is 28.6 Å². The number of benzene rings is 3. The van der Waals surface area contributed by atoms with Crippen LogP contribution in [0.25, 0.3) is 17.1 Å². The van der Waals surface area contributed by atoms with Gasteiger partial charge >= 0.3 is 0 Å². The molecule has 1 aliphatic heterocycles. The third-order valence-corrected chi connectivity index (χ3v) is 4.47. The Kier molecular flexibility index (Phi) is 4.18. The summed E-state index contributed by atoms with van der Waals surface area (Å²) in [5.41, 5.74) is 2.27. The summed E-state index contributed by atoms with van der Waals surface area (Å²) in [6, 6.07) is 24.4. The van der Waals surface area contributed by atoms with Crippen LogP contribution < -0.4 is 14.8 Å². The Morgan fingerprint density at radius 1 is 0.897 bits per heavy atom. The van der Waals surface area contributed by atoms with Gasteiger partial charge in [-0.05, 0) is 24.3 Å². The van der Waals surface area contributed by atoms with E-state index in [4.69, 9.17) is 9.47 Å². The zero-order chi connectivity index (χ0) is 19.6. The molecule has 0 saturated carbocycles. The molecule has 1 aliphatic rings. The summed E-state index contributed by atoms with van der Waals surface area (Å²) < 4.78 is 12.3. The molecule has 0 fully saturated rings. The molecular weight excluding hydrogens is 368 g/mol. The number of nitrogens with one attached hydrogen (secondary N) is 1. The molecule has 1 amide bonds. The van der Waals surface area contributed by atoms with Crippen molar-refractivity contribution in [2.45, 2.75) is 0 Å². The highest BCUT2D eigenvalue weighted by Crippen LogP contribution is 2.34. The predicted octanol–water partition coefficient (Wildman–Crippen LogP) is 3.92. The van der Waals surface area contributed by atoms with Crippen LogP contribution in [0.5, 0.6) is 11.5 Å². The SMILES string of the molecule is O=C(Nc1ccc2c(c1)OCO2)c1nc(-c2ccccc2)n(-c2ccccc2)n1. The van der Waals surface area contributed by atoms with E-state index in [1.165, 1.54) is 0 Å². The van der Waals surface area contributed by atoms with E-state index in [2.05, 4.69) is 15.4 Å². The lowest BCUT2D eigenvalue weighted by molar-refractivity contribution is 0.101. The standard InChI is InChI=1S/C22H16N4O3/c27-22(23-16-11-12-18-19(13-16)29-14-28-18)20-24-21(15-7-3-1-4-8-15)26(25-20)17-9-5-2-6-10-17/h1-13H,14H2,(H,23,27). The van der Waals surface area contributed by atoms with Crippen molar-refractivity contribution >= 4 is 11.6 Å². The van der Waals surface area contributed by atoms with E-state index in [9.17, 15) is 4.79 Å². The van der Waals surface area contributed by atoms with Gasteiger partial charge in [0.1, 0.15) is 0 Å². The van der Waals surface area contributed by atoms with Gasteiger partial charge in [0.25, 0.3) is 5.91 Å². The zero-order valence-corrected chi connectivity index (χ0v) is 15.3. The number of ether oxygens (including phenoxy) is 2. The van der Waals surface area contributed by atoms with Crippen LogP contribution in [0.3, 0.4) is 0 Å². The Morgan fingerprint density at radius 2 is 1.62 bits per heavy atom. The number of hydrogen-bond acceptors (Lipinski definition) is 5. The van der Waals surface area contributed by atoms with Gasteiger partial charge < -0.3 is 14.8 Å². The average molecular weight is 384 g/mol. The number of anilines is 1.